The first kappa shape index (κ1) is 20.7. The van der Waals surface area contributed by atoms with Crippen molar-refractivity contribution in [2.75, 3.05) is 0 Å². The lowest BCUT2D eigenvalue weighted by atomic mass is 10.0. The first-order chi connectivity index (χ1) is 12.4. The highest BCUT2D eigenvalue weighted by Crippen LogP contribution is 2.36. The van der Waals surface area contributed by atoms with Crippen molar-refractivity contribution in [2.24, 2.45) is 0 Å². The highest BCUT2D eigenvalue weighted by Gasteiger charge is 2.29. The average Bonchev–Trinajstić information content (AvgIpc) is 2.68. The summed E-state index contributed by atoms with van der Waals surface area (Å²) < 4.78 is -0.839. The first-order valence-electron chi connectivity index (χ1n) is 7.71. The molecule has 0 radical (unpaired) electrons. The largest absolute Gasteiger partial charge is 0.291 e. The number of benzene rings is 3. The van der Waals surface area contributed by atoms with E-state index in [-0.39, 0.29) is 11.6 Å². The molecule has 0 bridgehead atoms. The molecule has 0 saturated carbocycles. The molecule has 0 heterocycles. The van der Waals surface area contributed by atoms with Crippen LogP contribution in [0, 0.1) is 0 Å². The van der Waals surface area contributed by atoms with Crippen molar-refractivity contribution in [1.29, 1.82) is 0 Å². The number of carbonyl (C=O) groups excluding carboxylic acids is 2. The predicted octanol–water partition coefficient (Wildman–Crippen LogP) is 6.63. The van der Waals surface area contributed by atoms with E-state index in [0.717, 1.165) is 11.1 Å². The Labute approximate surface area is 178 Å². The summed E-state index contributed by atoms with van der Waals surface area (Å²) in [5, 5.41) is 0. The maximum Gasteiger partial charge on any atom is 0.201 e. The Morgan fingerprint density at radius 1 is 0.538 bits per heavy atom. The summed E-state index contributed by atoms with van der Waals surface area (Å²) >= 11 is 9.49. The maximum absolute atomic E-state index is 11.8. The molecule has 0 unspecified atom stereocenters. The van der Waals surface area contributed by atoms with E-state index in [9.17, 15) is 9.59 Å². The number of ketones is 2. The fraction of sp³-hybridized carbons (Fsp3) is 0.0476. The second-order valence-electron chi connectivity index (χ2n) is 5.25. The minimum Gasteiger partial charge on any atom is -0.291 e. The molecule has 3 aromatic carbocycles. The van der Waals surface area contributed by atoms with Crippen LogP contribution < -0.4 is 0 Å². The third kappa shape index (κ3) is 6.31. The zero-order valence-electron chi connectivity index (χ0n) is 13.6. The van der Waals surface area contributed by atoms with E-state index in [2.05, 4.69) is 47.8 Å². The third-order valence-electron chi connectivity index (χ3n) is 3.37. The minimum absolute atomic E-state index is 0.0527. The Morgan fingerprint density at radius 2 is 0.846 bits per heavy atom. The van der Waals surface area contributed by atoms with Crippen LogP contribution in [0.1, 0.15) is 26.3 Å². The van der Waals surface area contributed by atoms with Crippen molar-refractivity contribution in [3.8, 4) is 0 Å². The second-order valence-corrected chi connectivity index (χ2v) is 12.0. The highest BCUT2D eigenvalue weighted by molar-refractivity contribution is 9.40. The molecule has 0 saturated heterocycles. The number of carbonyl (C=O) groups is 2. The van der Waals surface area contributed by atoms with Crippen LogP contribution in [0.4, 0.5) is 0 Å². The molecule has 0 aliphatic rings. The van der Waals surface area contributed by atoms with Crippen LogP contribution in [0.3, 0.4) is 0 Å². The first-order valence-corrected chi connectivity index (χ1v) is 10.1. The molecule has 5 heteroatoms. The molecule has 0 N–H and O–H groups in total. The van der Waals surface area contributed by atoms with Crippen molar-refractivity contribution in [2.45, 2.75) is 2.14 Å². The number of hydrogen-bond acceptors (Lipinski definition) is 2. The number of halogens is 3. The summed E-state index contributed by atoms with van der Waals surface area (Å²) in [5.74, 6) is 0.0225. The topological polar surface area (TPSA) is 34.1 Å². The van der Waals surface area contributed by atoms with Gasteiger partial charge in [0.2, 0.25) is 5.78 Å². The van der Waals surface area contributed by atoms with Crippen LogP contribution in [-0.2, 0) is 0 Å². The molecule has 0 fully saturated rings. The van der Waals surface area contributed by atoms with Crippen LogP contribution in [0.2, 0.25) is 0 Å². The monoisotopic (exact) mass is 536 g/mol. The van der Waals surface area contributed by atoms with Gasteiger partial charge in [0.1, 0.15) is 0 Å². The summed E-state index contributed by atoms with van der Waals surface area (Å²) in [7, 11) is 0. The molecule has 26 heavy (non-hydrogen) atoms. The van der Waals surface area contributed by atoms with Gasteiger partial charge in [-0.15, -0.1) is 0 Å². The van der Waals surface area contributed by atoms with Crippen molar-refractivity contribution in [3.63, 3.8) is 0 Å². The summed E-state index contributed by atoms with van der Waals surface area (Å²) in [6, 6.07) is 27.7. The maximum atomic E-state index is 11.8. The Balaban J connectivity index is 0.000000190. The molecule has 132 valence electrons. The van der Waals surface area contributed by atoms with Gasteiger partial charge in [0, 0.05) is 16.7 Å². The molecular formula is C21H15Br3O2. The lowest BCUT2D eigenvalue weighted by molar-refractivity contribution is 0.100. The SMILES string of the molecule is O=C(c1ccccc1)C(Br)(Br)Br.O=C(c1ccccc1)c1ccccc1. The Hall–Kier alpha value is -1.56. The quantitative estimate of drug-likeness (QED) is 0.277. The van der Waals surface area contributed by atoms with E-state index in [4.69, 9.17) is 0 Å². The van der Waals surface area contributed by atoms with Gasteiger partial charge in [0.05, 0.1) is 0 Å². The van der Waals surface area contributed by atoms with Gasteiger partial charge in [-0.3, -0.25) is 9.59 Å². The lowest BCUT2D eigenvalue weighted by Crippen LogP contribution is -2.16. The van der Waals surface area contributed by atoms with Crippen LogP contribution >= 0.6 is 47.8 Å². The zero-order chi connectivity index (χ0) is 19.0. The standard InChI is InChI=1S/C13H10O.C8H5Br3O/c14-13(11-7-3-1-4-8-11)12-9-5-2-6-10-12;9-8(10,11)7(12)6-4-2-1-3-5-6/h1-10H;1-5H. The normalized spacial score (nSPS) is 10.4. The predicted molar refractivity (Wildman–Crippen MR) is 117 cm³/mol. The second kappa shape index (κ2) is 9.95. The van der Waals surface area contributed by atoms with Gasteiger partial charge in [-0.2, -0.15) is 0 Å². The highest BCUT2D eigenvalue weighted by atomic mass is 80.0. The molecular weight excluding hydrogens is 524 g/mol. The van der Waals surface area contributed by atoms with Gasteiger partial charge in [-0.25, -0.2) is 0 Å². The molecule has 3 rings (SSSR count). The van der Waals surface area contributed by atoms with Gasteiger partial charge in [-0.05, 0) is 0 Å². The van der Waals surface area contributed by atoms with Gasteiger partial charge in [0.25, 0.3) is 0 Å². The van der Waals surface area contributed by atoms with Gasteiger partial charge in [-0.1, -0.05) is 139 Å². The molecule has 0 aliphatic heterocycles. The van der Waals surface area contributed by atoms with Crippen molar-refractivity contribution >= 4 is 59.4 Å². The van der Waals surface area contributed by atoms with Crippen LogP contribution in [-0.4, -0.2) is 13.7 Å². The molecule has 2 nitrogen and oxygen atoms in total. The summed E-state index contributed by atoms with van der Waals surface area (Å²) in [6.45, 7) is 0. The molecule has 3 aromatic rings. The van der Waals surface area contributed by atoms with Gasteiger partial charge in [0.15, 0.2) is 7.93 Å². The summed E-state index contributed by atoms with van der Waals surface area (Å²) in [6.07, 6.45) is 0. The van der Waals surface area contributed by atoms with E-state index in [1.165, 1.54) is 0 Å². The van der Waals surface area contributed by atoms with Crippen molar-refractivity contribution in [1.82, 2.24) is 0 Å². The van der Waals surface area contributed by atoms with Crippen LogP contribution in [0.25, 0.3) is 0 Å². The zero-order valence-corrected chi connectivity index (χ0v) is 18.4. The van der Waals surface area contributed by atoms with E-state index < -0.39 is 2.14 Å². The molecule has 0 aromatic heterocycles. The van der Waals surface area contributed by atoms with Gasteiger partial charge >= 0.3 is 0 Å². The number of rotatable bonds is 3. The van der Waals surface area contributed by atoms with Crippen LogP contribution in [0.5, 0.6) is 0 Å². The third-order valence-corrected chi connectivity index (χ3v) is 4.45. The van der Waals surface area contributed by atoms with E-state index in [0.29, 0.717) is 5.56 Å². The fourth-order valence-electron chi connectivity index (χ4n) is 2.10. The molecule has 0 spiro atoms. The van der Waals surface area contributed by atoms with E-state index in [1.807, 2.05) is 78.9 Å². The van der Waals surface area contributed by atoms with Crippen molar-refractivity contribution in [3.05, 3.63) is 108 Å². The number of alkyl halides is 3. The minimum atomic E-state index is -0.839. The Morgan fingerprint density at radius 3 is 1.15 bits per heavy atom. The van der Waals surface area contributed by atoms with Crippen LogP contribution in [0.15, 0.2) is 91.0 Å². The summed E-state index contributed by atoms with van der Waals surface area (Å²) in [4.78, 5) is 23.4. The molecule has 0 aliphatic carbocycles. The fourth-order valence-corrected chi connectivity index (χ4v) is 2.79. The van der Waals surface area contributed by atoms with E-state index >= 15 is 0 Å². The Kier molecular flexibility index (Phi) is 7.94. The average molecular weight is 539 g/mol. The van der Waals surface area contributed by atoms with Crippen molar-refractivity contribution < 1.29 is 9.59 Å². The molecule has 0 amide bonds. The summed E-state index contributed by atoms with van der Waals surface area (Å²) in [5.41, 5.74) is 2.13. The molecule has 0 atom stereocenters. The number of hydrogen-bond donors (Lipinski definition) is 0. The van der Waals surface area contributed by atoms with E-state index in [1.54, 1.807) is 12.1 Å². The Bertz CT molecular complexity index is 801. The van der Waals surface area contributed by atoms with Gasteiger partial charge < -0.3 is 0 Å². The smallest absolute Gasteiger partial charge is 0.201 e. The number of Topliss-reactive ketones (excluding diaryl/α,β-unsaturated/α-hetero) is 1. The lowest BCUT2D eigenvalue weighted by Gasteiger charge is -2.09.